The Hall–Kier alpha value is -2.25. The number of aromatic nitrogens is 2. The SMILES string of the molecule is C=CCOc1c(Br)cc(C=Nn2c(C3CCCCC3)nc3ccccc3c2=O)cc1Br. The molecular weight excluding hydrogens is 522 g/mol. The summed E-state index contributed by atoms with van der Waals surface area (Å²) in [7, 11) is 0. The molecule has 0 spiro atoms. The molecule has 0 N–H and O–H groups in total. The smallest absolute Gasteiger partial charge is 0.282 e. The second-order valence-corrected chi connectivity index (χ2v) is 9.31. The molecule has 0 unspecified atom stereocenters. The number of halogens is 2. The van der Waals surface area contributed by atoms with Crippen LogP contribution in [-0.2, 0) is 0 Å². The van der Waals surface area contributed by atoms with E-state index in [1.165, 1.54) is 11.1 Å². The van der Waals surface area contributed by atoms with E-state index in [1.807, 2.05) is 30.3 Å². The van der Waals surface area contributed by atoms with Crippen LogP contribution in [0, 0.1) is 0 Å². The highest BCUT2D eigenvalue weighted by Crippen LogP contribution is 2.35. The van der Waals surface area contributed by atoms with Crippen molar-refractivity contribution < 1.29 is 4.74 Å². The first kappa shape index (κ1) is 22.0. The van der Waals surface area contributed by atoms with Crippen LogP contribution in [0.2, 0.25) is 0 Å². The quantitative estimate of drug-likeness (QED) is 0.266. The van der Waals surface area contributed by atoms with Gasteiger partial charge < -0.3 is 4.74 Å². The Bertz CT molecular complexity index is 1170. The van der Waals surface area contributed by atoms with Gasteiger partial charge in [-0.25, -0.2) is 4.98 Å². The number of hydrogen-bond donors (Lipinski definition) is 0. The van der Waals surface area contributed by atoms with Gasteiger partial charge in [-0.3, -0.25) is 4.79 Å². The van der Waals surface area contributed by atoms with Crippen LogP contribution in [0.3, 0.4) is 0 Å². The summed E-state index contributed by atoms with van der Waals surface area (Å²) < 4.78 is 8.75. The summed E-state index contributed by atoms with van der Waals surface area (Å²) in [5.74, 6) is 1.70. The Balaban J connectivity index is 1.76. The predicted octanol–water partition coefficient (Wildman–Crippen LogP) is 6.42. The fourth-order valence-corrected chi connectivity index (χ4v) is 5.39. The lowest BCUT2D eigenvalue weighted by Crippen LogP contribution is -2.25. The first-order valence-electron chi connectivity index (χ1n) is 10.4. The molecule has 2 aromatic carbocycles. The van der Waals surface area contributed by atoms with E-state index in [1.54, 1.807) is 18.4 Å². The zero-order chi connectivity index (χ0) is 21.8. The second-order valence-electron chi connectivity index (χ2n) is 7.60. The van der Waals surface area contributed by atoms with Crippen LogP contribution < -0.4 is 10.3 Å². The molecular formula is C24H23Br2N3O2. The highest BCUT2D eigenvalue weighted by molar-refractivity contribution is 9.11. The van der Waals surface area contributed by atoms with Crippen LogP contribution in [0.4, 0.5) is 0 Å². The molecule has 0 bridgehead atoms. The zero-order valence-corrected chi connectivity index (χ0v) is 20.2. The standard InChI is InChI=1S/C24H23Br2N3O2/c1-2-12-31-22-19(25)13-16(14-20(22)26)15-27-29-23(17-8-4-3-5-9-17)28-21-11-7-6-10-18(21)24(29)30/h2,6-7,10-11,13-15,17H,1,3-5,8-9,12H2. The summed E-state index contributed by atoms with van der Waals surface area (Å²) in [4.78, 5) is 18.1. The fraction of sp³-hybridized carbons (Fsp3) is 0.292. The number of ether oxygens (including phenoxy) is 1. The second kappa shape index (κ2) is 9.92. The fourth-order valence-electron chi connectivity index (χ4n) is 3.94. The van der Waals surface area contributed by atoms with Gasteiger partial charge in [0.1, 0.15) is 18.2 Å². The summed E-state index contributed by atoms with van der Waals surface area (Å²) in [5, 5.41) is 5.17. The lowest BCUT2D eigenvalue weighted by atomic mass is 9.88. The molecule has 0 aliphatic heterocycles. The van der Waals surface area contributed by atoms with Gasteiger partial charge in [-0.05, 0) is 74.5 Å². The Morgan fingerprint density at radius 2 is 1.87 bits per heavy atom. The number of hydrogen-bond acceptors (Lipinski definition) is 4. The molecule has 1 aliphatic carbocycles. The van der Waals surface area contributed by atoms with E-state index >= 15 is 0 Å². The molecule has 0 radical (unpaired) electrons. The van der Waals surface area contributed by atoms with E-state index < -0.39 is 0 Å². The average molecular weight is 545 g/mol. The normalized spacial score (nSPS) is 14.9. The molecule has 7 heteroatoms. The van der Waals surface area contributed by atoms with Crippen molar-refractivity contribution >= 4 is 49.0 Å². The summed E-state index contributed by atoms with van der Waals surface area (Å²) in [6.45, 7) is 4.09. The maximum absolute atomic E-state index is 13.3. The van der Waals surface area contributed by atoms with Crippen LogP contribution in [0.15, 0.2) is 67.9 Å². The summed E-state index contributed by atoms with van der Waals surface area (Å²) in [5.41, 5.74) is 1.43. The maximum atomic E-state index is 13.3. The summed E-state index contributed by atoms with van der Waals surface area (Å²) >= 11 is 7.09. The summed E-state index contributed by atoms with van der Waals surface area (Å²) in [6, 6.07) is 11.3. The van der Waals surface area contributed by atoms with E-state index in [4.69, 9.17) is 9.72 Å². The molecule has 31 heavy (non-hydrogen) atoms. The molecule has 0 atom stereocenters. The first-order chi connectivity index (χ1) is 15.1. The monoisotopic (exact) mass is 543 g/mol. The third-order valence-electron chi connectivity index (χ3n) is 5.44. The minimum Gasteiger partial charge on any atom is -0.487 e. The molecule has 5 nitrogen and oxygen atoms in total. The molecule has 1 heterocycles. The lowest BCUT2D eigenvalue weighted by Gasteiger charge is -2.22. The van der Waals surface area contributed by atoms with Crippen molar-refractivity contribution in [1.82, 2.24) is 9.66 Å². The Morgan fingerprint density at radius 1 is 1.16 bits per heavy atom. The number of nitrogens with zero attached hydrogens (tertiary/aromatic N) is 3. The van der Waals surface area contributed by atoms with Crippen LogP contribution in [-0.4, -0.2) is 22.5 Å². The minimum absolute atomic E-state index is 0.133. The van der Waals surface area contributed by atoms with Gasteiger partial charge in [0.05, 0.1) is 26.1 Å². The summed E-state index contributed by atoms with van der Waals surface area (Å²) in [6.07, 6.45) is 9.00. The third-order valence-corrected chi connectivity index (χ3v) is 6.62. The number of para-hydroxylation sites is 1. The van der Waals surface area contributed by atoms with Crippen molar-refractivity contribution in [3.8, 4) is 5.75 Å². The molecule has 0 amide bonds. The Morgan fingerprint density at radius 3 is 2.58 bits per heavy atom. The number of rotatable bonds is 6. The van der Waals surface area contributed by atoms with Gasteiger partial charge >= 0.3 is 0 Å². The molecule has 4 rings (SSSR count). The molecule has 1 saturated carbocycles. The van der Waals surface area contributed by atoms with Crippen LogP contribution >= 0.6 is 31.9 Å². The van der Waals surface area contributed by atoms with Gasteiger partial charge in [0.15, 0.2) is 0 Å². The van der Waals surface area contributed by atoms with Gasteiger partial charge in [-0.2, -0.15) is 9.78 Å². The van der Waals surface area contributed by atoms with Crippen molar-refractivity contribution in [3.63, 3.8) is 0 Å². The van der Waals surface area contributed by atoms with Gasteiger partial charge in [-0.15, -0.1) is 0 Å². The Labute approximate surface area is 198 Å². The highest BCUT2D eigenvalue weighted by atomic mass is 79.9. The lowest BCUT2D eigenvalue weighted by molar-refractivity contribution is 0.358. The first-order valence-corrected chi connectivity index (χ1v) is 12.0. The predicted molar refractivity (Wildman–Crippen MR) is 132 cm³/mol. The minimum atomic E-state index is -0.133. The van der Waals surface area contributed by atoms with E-state index in [-0.39, 0.29) is 11.5 Å². The van der Waals surface area contributed by atoms with E-state index in [2.05, 4.69) is 43.5 Å². The average Bonchev–Trinajstić information content (AvgIpc) is 2.78. The van der Waals surface area contributed by atoms with Crippen LogP contribution in [0.5, 0.6) is 5.75 Å². The van der Waals surface area contributed by atoms with Crippen LogP contribution in [0.25, 0.3) is 10.9 Å². The van der Waals surface area contributed by atoms with Gasteiger partial charge in [0.25, 0.3) is 5.56 Å². The molecule has 1 aliphatic rings. The van der Waals surface area contributed by atoms with Crippen molar-refractivity contribution in [1.29, 1.82) is 0 Å². The van der Waals surface area contributed by atoms with Crippen molar-refractivity contribution in [2.45, 2.75) is 38.0 Å². The third kappa shape index (κ3) is 4.83. The van der Waals surface area contributed by atoms with Crippen molar-refractivity contribution in [3.05, 3.63) is 79.7 Å². The zero-order valence-electron chi connectivity index (χ0n) is 17.1. The van der Waals surface area contributed by atoms with E-state index in [0.29, 0.717) is 17.7 Å². The number of benzene rings is 2. The molecule has 160 valence electrons. The van der Waals surface area contributed by atoms with E-state index in [0.717, 1.165) is 51.5 Å². The molecule has 0 saturated heterocycles. The van der Waals surface area contributed by atoms with E-state index in [9.17, 15) is 4.79 Å². The van der Waals surface area contributed by atoms with Crippen molar-refractivity contribution in [2.75, 3.05) is 6.61 Å². The van der Waals surface area contributed by atoms with Crippen molar-refractivity contribution in [2.24, 2.45) is 5.10 Å². The van der Waals surface area contributed by atoms with Gasteiger partial charge in [-0.1, -0.05) is 44.1 Å². The molecule has 1 aromatic heterocycles. The van der Waals surface area contributed by atoms with Crippen LogP contribution in [0.1, 0.15) is 49.4 Å². The van der Waals surface area contributed by atoms with Gasteiger partial charge in [0.2, 0.25) is 0 Å². The maximum Gasteiger partial charge on any atom is 0.282 e. The number of fused-ring (bicyclic) bond motifs is 1. The van der Waals surface area contributed by atoms with Gasteiger partial charge in [0, 0.05) is 5.92 Å². The Kier molecular flexibility index (Phi) is 7.02. The highest BCUT2D eigenvalue weighted by Gasteiger charge is 2.22. The largest absolute Gasteiger partial charge is 0.487 e. The molecule has 1 fully saturated rings. The molecule has 3 aromatic rings. The topological polar surface area (TPSA) is 56.5 Å².